The van der Waals surface area contributed by atoms with E-state index in [4.69, 9.17) is 4.74 Å². The third kappa shape index (κ3) is 3.66. The SMILES string of the molecule is CCOc1cncc(C(=O)c2cccc(S(C)(=O)=O)c2)c1. The Bertz CT molecular complexity index is 769. The summed E-state index contributed by atoms with van der Waals surface area (Å²) < 4.78 is 28.4. The summed E-state index contributed by atoms with van der Waals surface area (Å²) in [6.45, 7) is 2.31. The van der Waals surface area contributed by atoms with Crippen LogP contribution in [0.25, 0.3) is 0 Å². The number of benzene rings is 1. The number of aromatic nitrogens is 1. The fourth-order valence-corrected chi connectivity index (χ4v) is 2.49. The number of hydrogen-bond acceptors (Lipinski definition) is 5. The number of rotatable bonds is 5. The first-order valence-corrected chi connectivity index (χ1v) is 8.23. The highest BCUT2D eigenvalue weighted by molar-refractivity contribution is 7.90. The zero-order valence-corrected chi connectivity index (χ0v) is 12.6. The zero-order chi connectivity index (χ0) is 15.5. The number of ether oxygens (including phenoxy) is 1. The molecule has 0 aliphatic rings. The summed E-state index contributed by atoms with van der Waals surface area (Å²) in [5, 5.41) is 0. The van der Waals surface area contributed by atoms with Crippen LogP contribution in [0, 0.1) is 0 Å². The number of pyridine rings is 1. The first-order valence-electron chi connectivity index (χ1n) is 6.34. The Morgan fingerprint density at radius 3 is 2.62 bits per heavy atom. The molecule has 0 N–H and O–H groups in total. The predicted octanol–water partition coefficient (Wildman–Crippen LogP) is 2.11. The Labute approximate surface area is 123 Å². The first-order chi connectivity index (χ1) is 9.91. The lowest BCUT2D eigenvalue weighted by molar-refractivity contribution is 0.103. The normalized spacial score (nSPS) is 11.1. The van der Waals surface area contributed by atoms with Crippen LogP contribution in [0.3, 0.4) is 0 Å². The van der Waals surface area contributed by atoms with Crippen LogP contribution in [-0.4, -0.2) is 32.0 Å². The van der Waals surface area contributed by atoms with Crippen molar-refractivity contribution in [2.75, 3.05) is 12.9 Å². The van der Waals surface area contributed by atoms with Gasteiger partial charge in [-0.2, -0.15) is 0 Å². The summed E-state index contributed by atoms with van der Waals surface area (Å²) in [5.74, 6) is 0.206. The summed E-state index contributed by atoms with van der Waals surface area (Å²) in [7, 11) is -3.35. The lowest BCUT2D eigenvalue weighted by Crippen LogP contribution is -2.05. The van der Waals surface area contributed by atoms with Crippen molar-refractivity contribution in [3.8, 4) is 5.75 Å². The molecule has 110 valence electrons. The fourth-order valence-electron chi connectivity index (χ4n) is 1.82. The molecule has 0 unspecified atom stereocenters. The molecule has 1 aromatic heterocycles. The van der Waals surface area contributed by atoms with Crippen LogP contribution in [0.5, 0.6) is 5.75 Å². The largest absolute Gasteiger partial charge is 0.492 e. The van der Waals surface area contributed by atoms with Crippen molar-refractivity contribution < 1.29 is 17.9 Å². The van der Waals surface area contributed by atoms with Crippen molar-refractivity contribution in [2.24, 2.45) is 0 Å². The maximum atomic E-state index is 12.4. The number of nitrogens with zero attached hydrogens (tertiary/aromatic N) is 1. The summed E-state index contributed by atoms with van der Waals surface area (Å²) in [6, 6.07) is 7.53. The van der Waals surface area contributed by atoms with Crippen LogP contribution in [0.15, 0.2) is 47.6 Å². The van der Waals surface area contributed by atoms with E-state index in [1.807, 2.05) is 6.92 Å². The maximum Gasteiger partial charge on any atom is 0.194 e. The highest BCUT2D eigenvalue weighted by Gasteiger charge is 2.14. The van der Waals surface area contributed by atoms with Gasteiger partial charge in [0, 0.05) is 23.6 Å². The van der Waals surface area contributed by atoms with Crippen molar-refractivity contribution in [2.45, 2.75) is 11.8 Å². The molecule has 0 radical (unpaired) electrons. The van der Waals surface area contributed by atoms with Crippen LogP contribution >= 0.6 is 0 Å². The Morgan fingerprint density at radius 1 is 1.19 bits per heavy atom. The molecule has 2 aromatic rings. The molecular weight excluding hydrogens is 290 g/mol. The van der Waals surface area contributed by atoms with E-state index in [-0.39, 0.29) is 10.7 Å². The summed E-state index contributed by atoms with van der Waals surface area (Å²) in [5.41, 5.74) is 0.653. The summed E-state index contributed by atoms with van der Waals surface area (Å²) >= 11 is 0. The number of carbonyl (C=O) groups is 1. The molecule has 0 amide bonds. The molecule has 0 spiro atoms. The number of sulfone groups is 1. The Kier molecular flexibility index (Phi) is 4.37. The van der Waals surface area contributed by atoms with E-state index in [0.717, 1.165) is 6.26 Å². The number of carbonyl (C=O) groups excluding carboxylic acids is 1. The average molecular weight is 305 g/mol. The van der Waals surface area contributed by atoms with Crippen molar-refractivity contribution >= 4 is 15.6 Å². The van der Waals surface area contributed by atoms with Gasteiger partial charge in [-0.05, 0) is 25.1 Å². The third-order valence-corrected chi connectivity index (χ3v) is 3.92. The van der Waals surface area contributed by atoms with Gasteiger partial charge in [0.25, 0.3) is 0 Å². The van der Waals surface area contributed by atoms with Gasteiger partial charge in [0.05, 0.1) is 17.7 Å². The minimum absolute atomic E-state index is 0.113. The monoisotopic (exact) mass is 305 g/mol. The molecule has 1 heterocycles. The maximum absolute atomic E-state index is 12.4. The molecule has 5 nitrogen and oxygen atoms in total. The smallest absolute Gasteiger partial charge is 0.194 e. The predicted molar refractivity (Wildman–Crippen MR) is 78.4 cm³/mol. The van der Waals surface area contributed by atoms with Crippen molar-refractivity contribution in [1.82, 2.24) is 4.98 Å². The van der Waals surface area contributed by atoms with Gasteiger partial charge in [-0.25, -0.2) is 8.42 Å². The minimum atomic E-state index is -3.35. The second-order valence-corrected chi connectivity index (χ2v) is 6.49. The van der Waals surface area contributed by atoms with Gasteiger partial charge in [0.2, 0.25) is 0 Å². The summed E-state index contributed by atoms with van der Waals surface area (Å²) in [6.07, 6.45) is 4.05. The second kappa shape index (κ2) is 6.05. The number of ketones is 1. The van der Waals surface area contributed by atoms with Crippen LogP contribution in [-0.2, 0) is 9.84 Å². The highest BCUT2D eigenvalue weighted by Crippen LogP contribution is 2.17. The molecule has 0 fully saturated rings. The Balaban J connectivity index is 2.38. The van der Waals surface area contributed by atoms with E-state index in [1.54, 1.807) is 18.2 Å². The zero-order valence-electron chi connectivity index (χ0n) is 11.7. The van der Waals surface area contributed by atoms with Gasteiger partial charge >= 0.3 is 0 Å². The summed E-state index contributed by atoms with van der Waals surface area (Å²) in [4.78, 5) is 16.5. The molecule has 2 rings (SSSR count). The molecule has 0 atom stereocenters. The van der Waals surface area contributed by atoms with Crippen LogP contribution in [0.4, 0.5) is 0 Å². The average Bonchev–Trinajstić information content (AvgIpc) is 2.46. The molecule has 0 saturated heterocycles. The molecule has 21 heavy (non-hydrogen) atoms. The Hall–Kier alpha value is -2.21. The van der Waals surface area contributed by atoms with Gasteiger partial charge in [-0.3, -0.25) is 9.78 Å². The van der Waals surface area contributed by atoms with Gasteiger partial charge in [-0.1, -0.05) is 12.1 Å². The van der Waals surface area contributed by atoms with Gasteiger partial charge < -0.3 is 4.74 Å². The molecule has 1 aromatic carbocycles. The molecule has 0 saturated carbocycles. The van der Waals surface area contributed by atoms with Gasteiger partial charge in [0.15, 0.2) is 15.6 Å². The van der Waals surface area contributed by atoms with Crippen LogP contribution < -0.4 is 4.74 Å². The van der Waals surface area contributed by atoms with E-state index in [0.29, 0.717) is 23.5 Å². The van der Waals surface area contributed by atoms with E-state index in [2.05, 4.69) is 4.98 Å². The molecular formula is C15H15NO4S. The molecule has 6 heteroatoms. The molecule has 0 aliphatic heterocycles. The van der Waals surface area contributed by atoms with E-state index in [1.165, 1.54) is 24.5 Å². The van der Waals surface area contributed by atoms with Crippen molar-refractivity contribution in [3.05, 3.63) is 53.9 Å². The van der Waals surface area contributed by atoms with E-state index in [9.17, 15) is 13.2 Å². The van der Waals surface area contributed by atoms with Crippen molar-refractivity contribution in [3.63, 3.8) is 0 Å². The second-order valence-electron chi connectivity index (χ2n) is 4.47. The van der Waals surface area contributed by atoms with Crippen LogP contribution in [0.2, 0.25) is 0 Å². The van der Waals surface area contributed by atoms with Crippen molar-refractivity contribution in [1.29, 1.82) is 0 Å². The quantitative estimate of drug-likeness (QED) is 0.791. The standard InChI is InChI=1S/C15H15NO4S/c1-3-20-13-7-12(9-16-10-13)15(17)11-5-4-6-14(8-11)21(2,18)19/h4-10H,3H2,1-2H3. The molecule has 0 bridgehead atoms. The van der Waals surface area contributed by atoms with E-state index < -0.39 is 9.84 Å². The lowest BCUT2D eigenvalue weighted by Gasteiger charge is -2.06. The van der Waals surface area contributed by atoms with Gasteiger partial charge in [-0.15, -0.1) is 0 Å². The fraction of sp³-hybridized carbons (Fsp3) is 0.200. The lowest BCUT2D eigenvalue weighted by atomic mass is 10.1. The highest BCUT2D eigenvalue weighted by atomic mass is 32.2. The molecule has 0 aliphatic carbocycles. The van der Waals surface area contributed by atoms with Gasteiger partial charge in [0.1, 0.15) is 5.75 Å². The van der Waals surface area contributed by atoms with Crippen LogP contribution in [0.1, 0.15) is 22.8 Å². The topological polar surface area (TPSA) is 73.3 Å². The first kappa shape index (κ1) is 15.2. The van der Waals surface area contributed by atoms with E-state index >= 15 is 0 Å². The Morgan fingerprint density at radius 2 is 1.95 bits per heavy atom. The third-order valence-electron chi connectivity index (χ3n) is 2.81. The number of hydrogen-bond donors (Lipinski definition) is 0. The minimum Gasteiger partial charge on any atom is -0.492 e.